The Morgan fingerprint density at radius 1 is 1.30 bits per heavy atom. The van der Waals surface area contributed by atoms with Crippen LogP contribution in [0.5, 0.6) is 0 Å². The van der Waals surface area contributed by atoms with E-state index in [1.165, 1.54) is 0 Å². The van der Waals surface area contributed by atoms with Gasteiger partial charge in [0.05, 0.1) is 19.1 Å². The number of ether oxygens (including phenoxy) is 2. The summed E-state index contributed by atoms with van der Waals surface area (Å²) in [5, 5.41) is 0. The van der Waals surface area contributed by atoms with Crippen molar-refractivity contribution in [1.82, 2.24) is 14.5 Å². The number of hydrogen-bond acceptors (Lipinski definition) is 4. The van der Waals surface area contributed by atoms with Crippen LogP contribution in [0, 0.1) is 6.92 Å². The van der Waals surface area contributed by atoms with Crippen LogP contribution in [0.1, 0.15) is 17.8 Å². The fraction of sp³-hybridized carbons (Fsp3) is 0.571. The van der Waals surface area contributed by atoms with Gasteiger partial charge in [-0.1, -0.05) is 0 Å². The molecule has 20 heavy (non-hydrogen) atoms. The van der Waals surface area contributed by atoms with Crippen molar-refractivity contribution in [3.8, 4) is 0 Å². The summed E-state index contributed by atoms with van der Waals surface area (Å²) >= 11 is 5.97. The largest absolute Gasteiger partial charge is 0.382 e. The van der Waals surface area contributed by atoms with Crippen LogP contribution in [-0.2, 0) is 21.9 Å². The highest BCUT2D eigenvalue weighted by atomic mass is 35.5. The van der Waals surface area contributed by atoms with Crippen molar-refractivity contribution in [3.63, 3.8) is 0 Å². The summed E-state index contributed by atoms with van der Waals surface area (Å²) in [5.41, 5.74) is 2.90. The predicted octanol–water partition coefficient (Wildman–Crippen LogP) is 2.53. The zero-order valence-electron chi connectivity index (χ0n) is 11.9. The first-order valence-corrected chi connectivity index (χ1v) is 7.24. The van der Waals surface area contributed by atoms with Crippen molar-refractivity contribution >= 4 is 22.8 Å². The summed E-state index contributed by atoms with van der Waals surface area (Å²) in [7, 11) is 1.67. The van der Waals surface area contributed by atoms with E-state index in [9.17, 15) is 0 Å². The number of imidazole rings is 1. The van der Waals surface area contributed by atoms with Crippen LogP contribution < -0.4 is 0 Å². The lowest BCUT2D eigenvalue weighted by atomic mass is 10.3. The van der Waals surface area contributed by atoms with Gasteiger partial charge in [-0.2, -0.15) is 0 Å². The van der Waals surface area contributed by atoms with E-state index in [1.807, 2.05) is 19.2 Å². The molecule has 0 saturated heterocycles. The van der Waals surface area contributed by atoms with E-state index in [0.29, 0.717) is 25.7 Å². The van der Waals surface area contributed by atoms with Crippen LogP contribution in [0.2, 0.25) is 0 Å². The zero-order valence-corrected chi connectivity index (χ0v) is 12.7. The van der Waals surface area contributed by atoms with Crippen LogP contribution in [0.15, 0.2) is 12.3 Å². The fourth-order valence-electron chi connectivity index (χ4n) is 2.06. The summed E-state index contributed by atoms with van der Waals surface area (Å²) in [6.07, 6.45) is 2.75. The molecule has 0 N–H and O–H groups in total. The standard InChI is InChI=1S/C14H20ClN3O2/c1-11-8-12-14(16-10-11)18(13(9-15)17-12)4-3-5-20-7-6-19-2/h8,10H,3-7,9H2,1-2H3. The van der Waals surface area contributed by atoms with Crippen LogP contribution in [0.4, 0.5) is 0 Å². The Morgan fingerprint density at radius 2 is 2.15 bits per heavy atom. The molecule has 0 unspecified atom stereocenters. The van der Waals surface area contributed by atoms with Crippen molar-refractivity contribution in [1.29, 1.82) is 0 Å². The van der Waals surface area contributed by atoms with E-state index in [2.05, 4.69) is 14.5 Å². The normalized spacial score (nSPS) is 11.3. The lowest BCUT2D eigenvalue weighted by molar-refractivity contribution is 0.0680. The molecule has 0 radical (unpaired) electrons. The van der Waals surface area contributed by atoms with Crippen LogP contribution in [-0.4, -0.2) is 41.5 Å². The van der Waals surface area contributed by atoms with E-state index in [1.54, 1.807) is 7.11 Å². The van der Waals surface area contributed by atoms with Crippen molar-refractivity contribution in [2.45, 2.75) is 25.8 Å². The molecule has 2 rings (SSSR count). The summed E-state index contributed by atoms with van der Waals surface area (Å²) < 4.78 is 12.5. The molecular weight excluding hydrogens is 278 g/mol. The molecule has 110 valence electrons. The van der Waals surface area contributed by atoms with Crippen molar-refractivity contribution < 1.29 is 9.47 Å². The Morgan fingerprint density at radius 3 is 2.90 bits per heavy atom. The average Bonchev–Trinajstić information content (AvgIpc) is 2.79. The quantitative estimate of drug-likeness (QED) is 0.555. The van der Waals surface area contributed by atoms with Crippen molar-refractivity contribution in [3.05, 3.63) is 23.7 Å². The van der Waals surface area contributed by atoms with E-state index in [4.69, 9.17) is 21.1 Å². The molecular formula is C14H20ClN3O2. The third-order valence-electron chi connectivity index (χ3n) is 3.02. The minimum Gasteiger partial charge on any atom is -0.382 e. The first-order valence-electron chi connectivity index (χ1n) is 6.70. The van der Waals surface area contributed by atoms with Crippen molar-refractivity contribution in [2.75, 3.05) is 26.9 Å². The number of rotatable bonds is 8. The molecule has 5 nitrogen and oxygen atoms in total. The average molecular weight is 298 g/mol. The molecule has 0 fully saturated rings. The molecule has 6 heteroatoms. The van der Waals surface area contributed by atoms with Gasteiger partial charge >= 0.3 is 0 Å². The fourth-order valence-corrected chi connectivity index (χ4v) is 2.27. The van der Waals surface area contributed by atoms with E-state index in [0.717, 1.165) is 35.5 Å². The van der Waals surface area contributed by atoms with Gasteiger partial charge in [-0.05, 0) is 25.0 Å². The van der Waals surface area contributed by atoms with Crippen LogP contribution >= 0.6 is 11.6 Å². The highest BCUT2D eigenvalue weighted by Gasteiger charge is 2.10. The lowest BCUT2D eigenvalue weighted by Gasteiger charge is -2.07. The maximum atomic E-state index is 5.97. The second-order valence-electron chi connectivity index (χ2n) is 4.63. The summed E-state index contributed by atoms with van der Waals surface area (Å²) in [6, 6.07) is 2.03. The number of halogens is 1. The third-order valence-corrected chi connectivity index (χ3v) is 3.26. The zero-order chi connectivity index (χ0) is 14.4. The molecule has 0 spiro atoms. The molecule has 0 saturated carbocycles. The number of hydrogen-bond donors (Lipinski definition) is 0. The second kappa shape index (κ2) is 7.57. The SMILES string of the molecule is COCCOCCCn1c(CCl)nc2cc(C)cnc21. The minimum absolute atomic E-state index is 0.389. The topological polar surface area (TPSA) is 49.2 Å². The first-order chi connectivity index (χ1) is 9.76. The Kier molecular flexibility index (Phi) is 5.76. The lowest BCUT2D eigenvalue weighted by Crippen LogP contribution is -2.08. The van der Waals surface area contributed by atoms with Gasteiger partial charge in [0.1, 0.15) is 11.3 Å². The van der Waals surface area contributed by atoms with Gasteiger partial charge in [-0.15, -0.1) is 11.6 Å². The van der Waals surface area contributed by atoms with Gasteiger partial charge in [0, 0.05) is 26.5 Å². The van der Waals surface area contributed by atoms with Gasteiger partial charge in [0.25, 0.3) is 0 Å². The van der Waals surface area contributed by atoms with Crippen LogP contribution in [0.25, 0.3) is 11.2 Å². The number of aromatic nitrogens is 3. The Hall–Kier alpha value is -1.17. The molecule has 0 bridgehead atoms. The maximum Gasteiger partial charge on any atom is 0.160 e. The minimum atomic E-state index is 0.389. The molecule has 2 heterocycles. The Bertz CT molecular complexity index is 557. The molecule has 0 amide bonds. The van der Waals surface area contributed by atoms with E-state index in [-0.39, 0.29) is 0 Å². The Balaban J connectivity index is 2.01. The number of nitrogens with zero attached hydrogens (tertiary/aromatic N) is 3. The molecule has 2 aromatic rings. The second-order valence-corrected chi connectivity index (χ2v) is 4.89. The molecule has 0 aromatic carbocycles. The molecule has 2 aromatic heterocycles. The highest BCUT2D eigenvalue weighted by molar-refractivity contribution is 6.16. The summed E-state index contributed by atoms with van der Waals surface area (Å²) in [4.78, 5) is 8.99. The number of methoxy groups -OCH3 is 1. The van der Waals surface area contributed by atoms with Gasteiger partial charge in [0.2, 0.25) is 0 Å². The summed E-state index contributed by atoms with van der Waals surface area (Å²) in [6.45, 7) is 4.76. The number of aryl methyl sites for hydroxylation is 2. The van der Waals surface area contributed by atoms with Gasteiger partial charge in [-0.3, -0.25) is 0 Å². The van der Waals surface area contributed by atoms with E-state index < -0.39 is 0 Å². The molecule has 0 aliphatic heterocycles. The molecule has 0 atom stereocenters. The maximum absolute atomic E-state index is 5.97. The third kappa shape index (κ3) is 3.69. The van der Waals surface area contributed by atoms with Crippen LogP contribution in [0.3, 0.4) is 0 Å². The van der Waals surface area contributed by atoms with Gasteiger partial charge in [-0.25, -0.2) is 9.97 Å². The molecule has 0 aliphatic rings. The smallest absolute Gasteiger partial charge is 0.160 e. The Labute approximate surface area is 123 Å². The predicted molar refractivity (Wildman–Crippen MR) is 79.1 cm³/mol. The summed E-state index contributed by atoms with van der Waals surface area (Å²) in [5.74, 6) is 1.25. The first kappa shape index (κ1) is 15.2. The molecule has 0 aliphatic carbocycles. The number of fused-ring (bicyclic) bond motifs is 1. The number of alkyl halides is 1. The van der Waals surface area contributed by atoms with E-state index >= 15 is 0 Å². The monoisotopic (exact) mass is 297 g/mol. The van der Waals surface area contributed by atoms with Gasteiger partial charge in [0.15, 0.2) is 5.65 Å². The van der Waals surface area contributed by atoms with Crippen molar-refractivity contribution in [2.24, 2.45) is 0 Å². The highest BCUT2D eigenvalue weighted by Crippen LogP contribution is 2.17. The number of pyridine rings is 1. The van der Waals surface area contributed by atoms with Gasteiger partial charge < -0.3 is 14.0 Å².